The average molecular weight is 580 g/mol. The van der Waals surface area contributed by atoms with Gasteiger partial charge in [0, 0.05) is 45.0 Å². The first-order valence-electron chi connectivity index (χ1n) is 16.2. The minimum absolute atomic E-state index is 0.0749. The number of nitrogens with zero attached hydrogens (tertiary/aromatic N) is 2. The third-order valence-corrected chi connectivity index (χ3v) is 10.7. The molecule has 0 atom stereocenters. The summed E-state index contributed by atoms with van der Waals surface area (Å²) in [7, 11) is 0. The fourth-order valence-electron chi connectivity index (χ4n) is 8.95. The maximum atomic E-state index is 2.59. The first kappa shape index (κ1) is 24.6. The van der Waals surface area contributed by atoms with Crippen molar-refractivity contribution in [1.29, 1.82) is 0 Å². The van der Waals surface area contributed by atoms with Crippen LogP contribution < -0.4 is 31.5 Å². The maximum Gasteiger partial charge on any atom is 0.329 e. The van der Waals surface area contributed by atoms with Crippen molar-refractivity contribution in [1.82, 2.24) is 0 Å². The Morgan fingerprint density at radius 2 is 0.565 bits per heavy atom. The molecule has 7 aromatic rings. The summed E-state index contributed by atoms with van der Waals surface area (Å²) in [6.45, 7) is 0.150. The van der Waals surface area contributed by atoms with Crippen LogP contribution in [-0.2, 0) is 0 Å². The smallest absolute Gasteiger partial charge is 0.329 e. The van der Waals surface area contributed by atoms with Crippen molar-refractivity contribution in [3.63, 3.8) is 0 Å². The van der Waals surface area contributed by atoms with E-state index < -0.39 is 0 Å². The van der Waals surface area contributed by atoms with Crippen LogP contribution in [0.4, 0.5) is 22.7 Å². The van der Waals surface area contributed by atoms with Gasteiger partial charge in [-0.2, -0.15) is 0 Å². The van der Waals surface area contributed by atoms with Gasteiger partial charge in [-0.3, -0.25) is 0 Å². The molecule has 46 heavy (non-hydrogen) atoms. The predicted molar refractivity (Wildman–Crippen MR) is 195 cm³/mol. The second-order valence-corrected chi connectivity index (χ2v) is 12.8. The SMILES string of the molecule is c1ccc2c(c1)B1c3ccc4c(c3-c3ccccc3N1c1ccccc1-2)-c1ccccc1N1B4c2ccccc2-c2ccccc21. The largest absolute Gasteiger partial charge is 0.376 e. The lowest BCUT2D eigenvalue weighted by molar-refractivity contribution is 1.33. The van der Waals surface area contributed by atoms with Crippen molar-refractivity contribution >= 4 is 58.3 Å². The Kier molecular flexibility index (Phi) is 4.77. The molecule has 210 valence electrons. The molecule has 0 amide bonds. The fraction of sp³-hybridized carbons (Fsp3) is 0. The summed E-state index contributed by atoms with van der Waals surface area (Å²) in [5, 5.41) is 0. The molecule has 7 aromatic carbocycles. The number of rotatable bonds is 0. The van der Waals surface area contributed by atoms with E-state index in [1.54, 1.807) is 0 Å². The van der Waals surface area contributed by atoms with Crippen LogP contribution in [0.15, 0.2) is 158 Å². The molecule has 0 radical (unpaired) electrons. The molecular formula is C42H26B2N2. The van der Waals surface area contributed by atoms with Gasteiger partial charge in [-0.1, -0.05) is 133 Å². The summed E-state index contributed by atoms with van der Waals surface area (Å²) >= 11 is 0. The Labute approximate surface area is 269 Å². The molecular weight excluding hydrogens is 554 g/mol. The van der Waals surface area contributed by atoms with Gasteiger partial charge in [0.2, 0.25) is 0 Å². The number of benzene rings is 7. The van der Waals surface area contributed by atoms with Gasteiger partial charge in [-0.15, -0.1) is 0 Å². The van der Waals surface area contributed by atoms with E-state index in [1.165, 1.54) is 89.1 Å². The molecule has 0 aliphatic carbocycles. The lowest BCUT2D eigenvalue weighted by Crippen LogP contribution is -2.62. The van der Waals surface area contributed by atoms with Gasteiger partial charge in [0.05, 0.1) is 0 Å². The van der Waals surface area contributed by atoms with Gasteiger partial charge in [0.25, 0.3) is 0 Å². The maximum absolute atomic E-state index is 2.59. The highest BCUT2D eigenvalue weighted by molar-refractivity contribution is 6.95. The van der Waals surface area contributed by atoms with E-state index in [2.05, 4.69) is 167 Å². The number of hydrogen-bond donors (Lipinski definition) is 0. The summed E-state index contributed by atoms with van der Waals surface area (Å²) in [4.78, 5) is 5.18. The van der Waals surface area contributed by atoms with Crippen molar-refractivity contribution < 1.29 is 0 Å². The first-order valence-corrected chi connectivity index (χ1v) is 16.2. The van der Waals surface area contributed by atoms with E-state index in [1.807, 2.05) is 0 Å². The Hall–Kier alpha value is -5.73. The third kappa shape index (κ3) is 2.99. The molecule has 4 heteroatoms. The number of fused-ring (bicyclic) bond motifs is 23. The Balaban J connectivity index is 1.26. The quantitative estimate of drug-likeness (QED) is 0.172. The zero-order chi connectivity index (χ0) is 29.9. The normalized spacial score (nSPS) is 13.9. The molecule has 4 aliphatic rings. The highest BCUT2D eigenvalue weighted by atomic mass is 15.1. The van der Waals surface area contributed by atoms with Gasteiger partial charge < -0.3 is 9.62 Å². The summed E-state index contributed by atoms with van der Waals surface area (Å²) in [5.74, 6) is 0. The molecule has 0 saturated carbocycles. The van der Waals surface area contributed by atoms with Gasteiger partial charge in [-0.05, 0) is 68.4 Å². The first-order chi connectivity index (χ1) is 22.9. The second-order valence-electron chi connectivity index (χ2n) is 12.8. The van der Waals surface area contributed by atoms with Crippen molar-refractivity contribution in [2.24, 2.45) is 0 Å². The van der Waals surface area contributed by atoms with Crippen molar-refractivity contribution in [2.75, 3.05) is 9.62 Å². The molecule has 4 aliphatic heterocycles. The summed E-state index contributed by atoms with van der Waals surface area (Å²) in [6.07, 6.45) is 0. The van der Waals surface area contributed by atoms with Crippen LogP contribution in [0.1, 0.15) is 0 Å². The molecule has 4 heterocycles. The molecule has 0 saturated heterocycles. The second kappa shape index (κ2) is 8.93. The van der Waals surface area contributed by atoms with Crippen LogP contribution in [0.3, 0.4) is 0 Å². The van der Waals surface area contributed by atoms with E-state index in [9.17, 15) is 0 Å². The molecule has 0 bridgehead atoms. The fourth-order valence-corrected chi connectivity index (χ4v) is 8.95. The van der Waals surface area contributed by atoms with Gasteiger partial charge in [-0.25, -0.2) is 0 Å². The van der Waals surface area contributed by atoms with Crippen molar-refractivity contribution in [2.45, 2.75) is 0 Å². The number of para-hydroxylation sites is 4. The molecule has 11 rings (SSSR count). The predicted octanol–water partition coefficient (Wildman–Crippen LogP) is 7.50. The number of hydrogen-bond acceptors (Lipinski definition) is 2. The zero-order valence-corrected chi connectivity index (χ0v) is 25.1. The van der Waals surface area contributed by atoms with Crippen LogP contribution >= 0.6 is 0 Å². The van der Waals surface area contributed by atoms with E-state index >= 15 is 0 Å². The topological polar surface area (TPSA) is 6.48 Å². The average Bonchev–Trinajstić information content (AvgIpc) is 3.14. The van der Waals surface area contributed by atoms with E-state index in [4.69, 9.17) is 0 Å². The lowest BCUT2D eigenvalue weighted by Gasteiger charge is -2.47. The van der Waals surface area contributed by atoms with E-state index in [-0.39, 0.29) is 13.7 Å². The lowest BCUT2D eigenvalue weighted by atomic mass is 9.39. The van der Waals surface area contributed by atoms with Crippen LogP contribution in [0.5, 0.6) is 0 Å². The minimum atomic E-state index is 0.0749. The van der Waals surface area contributed by atoms with E-state index in [0.717, 1.165) is 0 Å². The van der Waals surface area contributed by atoms with Gasteiger partial charge in [0.15, 0.2) is 0 Å². The zero-order valence-electron chi connectivity index (χ0n) is 25.1. The minimum Gasteiger partial charge on any atom is -0.376 e. The molecule has 0 spiro atoms. The van der Waals surface area contributed by atoms with E-state index in [0.29, 0.717) is 0 Å². The highest BCUT2D eigenvalue weighted by Crippen LogP contribution is 2.51. The number of anilines is 4. The van der Waals surface area contributed by atoms with Crippen LogP contribution in [-0.4, -0.2) is 13.7 Å². The molecule has 0 unspecified atom stereocenters. The monoisotopic (exact) mass is 580 g/mol. The molecule has 0 N–H and O–H groups in total. The Morgan fingerprint density at radius 3 is 0.978 bits per heavy atom. The van der Waals surface area contributed by atoms with Crippen LogP contribution in [0.2, 0.25) is 0 Å². The van der Waals surface area contributed by atoms with Crippen LogP contribution in [0, 0.1) is 0 Å². The third-order valence-electron chi connectivity index (χ3n) is 10.7. The summed E-state index contributed by atoms with van der Waals surface area (Å²) in [6, 6.07) is 58.9. The van der Waals surface area contributed by atoms with Crippen molar-refractivity contribution in [3.8, 4) is 44.5 Å². The van der Waals surface area contributed by atoms with Crippen molar-refractivity contribution in [3.05, 3.63) is 158 Å². The molecule has 2 nitrogen and oxygen atoms in total. The summed E-state index contributed by atoms with van der Waals surface area (Å²) in [5.41, 5.74) is 21.1. The van der Waals surface area contributed by atoms with Gasteiger partial charge >= 0.3 is 13.7 Å². The summed E-state index contributed by atoms with van der Waals surface area (Å²) < 4.78 is 0. The van der Waals surface area contributed by atoms with Crippen LogP contribution in [0.25, 0.3) is 44.5 Å². The standard InChI is InChI=1S/C42H26B2N2/c1-7-19-33-27(13-1)29-15-3-9-21-37(29)45-39-23-11-5-17-31(39)41-35(43(33)45)25-26-36-42(41)32-18-6-12-24-40(32)46-38-22-10-4-16-30(38)28-14-2-8-20-34(28)44(36)46/h1-26H. The molecule has 0 aromatic heterocycles. The van der Waals surface area contributed by atoms with Gasteiger partial charge in [0.1, 0.15) is 0 Å². The Morgan fingerprint density at radius 1 is 0.261 bits per heavy atom. The Bertz CT molecular complexity index is 2260. The molecule has 0 fully saturated rings. The highest BCUT2D eigenvalue weighted by Gasteiger charge is 2.47.